The first-order chi connectivity index (χ1) is 30.3. The van der Waals surface area contributed by atoms with Gasteiger partial charge in [-0.15, -0.1) is 0 Å². The molecule has 0 radical (unpaired) electrons. The standard InChI is InChI=1S/C54H92O9/c1-8-10-12-14-16-18-20-22-24-26-28-30-32-34-49(56)60-42-47(43-61-50(57)35-33-31-29-27-25-23-21-19-17-15-13-11-9-2)62-51(58)40-45(4)41-52(59)63-48-39-44(3)38-46(5)53(48)54(6,7)36-37-55/h37-39,45,47H,8-36,40-43H2,1-7H3. The molecule has 0 saturated heterocycles. The van der Waals surface area contributed by atoms with E-state index < -0.39 is 29.4 Å². The largest absolute Gasteiger partial charge is 0.462 e. The molecule has 0 N–H and O–H groups in total. The van der Waals surface area contributed by atoms with Crippen molar-refractivity contribution < 1.29 is 42.9 Å². The molecule has 9 heteroatoms. The summed E-state index contributed by atoms with van der Waals surface area (Å²) in [4.78, 5) is 63.2. The second kappa shape index (κ2) is 37.0. The first kappa shape index (κ1) is 57.8. The molecule has 0 aromatic heterocycles. The third-order valence-electron chi connectivity index (χ3n) is 12.1. The summed E-state index contributed by atoms with van der Waals surface area (Å²) in [7, 11) is 0. The van der Waals surface area contributed by atoms with Crippen LogP contribution < -0.4 is 4.74 Å². The lowest BCUT2D eigenvalue weighted by molar-refractivity contribution is -0.167. The van der Waals surface area contributed by atoms with Gasteiger partial charge in [-0.05, 0) is 49.8 Å². The summed E-state index contributed by atoms with van der Waals surface area (Å²) in [5.41, 5.74) is 2.13. The van der Waals surface area contributed by atoms with Crippen LogP contribution in [-0.2, 0) is 43.6 Å². The van der Waals surface area contributed by atoms with E-state index in [1.807, 2.05) is 33.8 Å². The number of aryl methyl sites for hydroxylation is 2. The highest BCUT2D eigenvalue weighted by molar-refractivity contribution is 5.76. The molecule has 1 atom stereocenters. The van der Waals surface area contributed by atoms with Gasteiger partial charge in [0.25, 0.3) is 0 Å². The Morgan fingerprint density at radius 1 is 0.556 bits per heavy atom. The van der Waals surface area contributed by atoms with E-state index in [-0.39, 0.29) is 57.3 Å². The van der Waals surface area contributed by atoms with Crippen LogP contribution in [0.15, 0.2) is 12.1 Å². The quantitative estimate of drug-likeness (QED) is 0.0208. The lowest BCUT2D eigenvalue weighted by atomic mass is 9.78. The van der Waals surface area contributed by atoms with E-state index in [1.54, 1.807) is 13.0 Å². The molecule has 9 nitrogen and oxygen atoms in total. The van der Waals surface area contributed by atoms with E-state index in [1.165, 1.54) is 128 Å². The SMILES string of the molecule is CCCCCCCCCCCCCCCC(=O)OCC(COC(=O)CCCCCCCCCCCCCCC)OC(=O)CC(C)CC(=O)Oc1cc(C)cc(C)c1C(C)(C)CC=O. The lowest BCUT2D eigenvalue weighted by Crippen LogP contribution is -2.31. The number of unbranched alkanes of at least 4 members (excludes halogenated alkanes) is 24. The summed E-state index contributed by atoms with van der Waals surface area (Å²) < 4.78 is 22.6. The van der Waals surface area contributed by atoms with Crippen LogP contribution in [-0.4, -0.2) is 49.5 Å². The van der Waals surface area contributed by atoms with E-state index in [0.717, 1.165) is 61.5 Å². The van der Waals surface area contributed by atoms with Gasteiger partial charge in [0.2, 0.25) is 0 Å². The number of rotatable bonds is 41. The Kier molecular flexibility index (Phi) is 34.0. The minimum absolute atomic E-state index is 0.0392. The molecule has 0 saturated carbocycles. The number of aldehydes is 1. The van der Waals surface area contributed by atoms with E-state index in [0.29, 0.717) is 5.75 Å². The molecule has 0 fully saturated rings. The Balaban J connectivity index is 2.61. The number of carbonyl (C=O) groups excluding carboxylic acids is 5. The van der Waals surface area contributed by atoms with Gasteiger partial charge < -0.3 is 23.7 Å². The summed E-state index contributed by atoms with van der Waals surface area (Å²) in [5.74, 6) is -1.81. The first-order valence-electron chi connectivity index (χ1n) is 25.6. The van der Waals surface area contributed by atoms with Gasteiger partial charge in [0, 0.05) is 43.1 Å². The molecule has 362 valence electrons. The molecule has 1 unspecified atom stereocenters. The highest BCUT2D eigenvalue weighted by atomic mass is 16.6. The van der Waals surface area contributed by atoms with Crippen molar-refractivity contribution in [3.05, 3.63) is 28.8 Å². The molecular weight excluding hydrogens is 793 g/mol. The third-order valence-corrected chi connectivity index (χ3v) is 12.1. The first-order valence-corrected chi connectivity index (χ1v) is 25.6. The average Bonchev–Trinajstić information content (AvgIpc) is 3.21. The molecule has 0 aliphatic carbocycles. The molecule has 0 spiro atoms. The number of hydrogen-bond donors (Lipinski definition) is 0. The molecule has 0 aliphatic rings. The van der Waals surface area contributed by atoms with Crippen LogP contribution in [0.1, 0.15) is 250 Å². The Morgan fingerprint density at radius 3 is 1.33 bits per heavy atom. The maximum Gasteiger partial charge on any atom is 0.311 e. The number of esters is 4. The fourth-order valence-electron chi connectivity index (χ4n) is 8.43. The predicted molar refractivity (Wildman–Crippen MR) is 256 cm³/mol. The molecular formula is C54H92O9. The van der Waals surface area contributed by atoms with Gasteiger partial charge in [0.1, 0.15) is 25.2 Å². The molecule has 63 heavy (non-hydrogen) atoms. The van der Waals surface area contributed by atoms with Gasteiger partial charge in [-0.25, -0.2) is 0 Å². The van der Waals surface area contributed by atoms with Crippen LogP contribution in [0.3, 0.4) is 0 Å². The van der Waals surface area contributed by atoms with Crippen LogP contribution in [0, 0.1) is 19.8 Å². The highest BCUT2D eigenvalue weighted by Gasteiger charge is 2.28. The van der Waals surface area contributed by atoms with Crippen molar-refractivity contribution in [2.45, 2.75) is 259 Å². The Morgan fingerprint density at radius 2 is 0.937 bits per heavy atom. The van der Waals surface area contributed by atoms with Crippen LogP contribution in [0.25, 0.3) is 0 Å². The number of ether oxygens (including phenoxy) is 4. The maximum absolute atomic E-state index is 13.2. The Hall–Kier alpha value is -3.23. The summed E-state index contributed by atoms with van der Waals surface area (Å²) in [6.45, 7) is 13.6. The van der Waals surface area contributed by atoms with Crippen molar-refractivity contribution in [1.82, 2.24) is 0 Å². The fraction of sp³-hybridized carbons (Fsp3) is 0.796. The summed E-state index contributed by atoms with van der Waals surface area (Å²) >= 11 is 0. The normalized spacial score (nSPS) is 12.0. The second-order valence-electron chi connectivity index (χ2n) is 19.2. The van der Waals surface area contributed by atoms with Crippen LogP contribution >= 0.6 is 0 Å². The average molecular weight is 885 g/mol. The summed E-state index contributed by atoms with van der Waals surface area (Å²) in [6.07, 6.45) is 32.3. The van der Waals surface area contributed by atoms with Crippen molar-refractivity contribution >= 4 is 30.2 Å². The fourth-order valence-corrected chi connectivity index (χ4v) is 8.43. The molecule has 1 aromatic rings. The van der Waals surface area contributed by atoms with Gasteiger partial charge in [0.05, 0.1) is 0 Å². The topological polar surface area (TPSA) is 122 Å². The zero-order valence-corrected chi connectivity index (χ0v) is 41.4. The molecule has 1 rings (SSSR count). The molecule has 0 bridgehead atoms. The monoisotopic (exact) mass is 885 g/mol. The van der Waals surface area contributed by atoms with Gasteiger partial charge in [-0.1, -0.05) is 195 Å². The van der Waals surface area contributed by atoms with E-state index in [9.17, 15) is 24.0 Å². The molecule has 0 amide bonds. The van der Waals surface area contributed by atoms with E-state index in [4.69, 9.17) is 18.9 Å². The van der Waals surface area contributed by atoms with Gasteiger partial charge in [0.15, 0.2) is 6.10 Å². The lowest BCUT2D eigenvalue weighted by Gasteiger charge is -2.27. The van der Waals surface area contributed by atoms with Gasteiger partial charge in [-0.3, -0.25) is 19.2 Å². The predicted octanol–water partition coefficient (Wildman–Crippen LogP) is 14.5. The third kappa shape index (κ3) is 30.5. The number of benzene rings is 1. The Bertz CT molecular complexity index is 1340. The van der Waals surface area contributed by atoms with Crippen molar-refractivity contribution in [3.63, 3.8) is 0 Å². The number of hydrogen-bond acceptors (Lipinski definition) is 9. The summed E-state index contributed by atoms with van der Waals surface area (Å²) in [5, 5.41) is 0. The van der Waals surface area contributed by atoms with Crippen molar-refractivity contribution in [1.29, 1.82) is 0 Å². The minimum atomic E-state index is -0.958. The maximum atomic E-state index is 13.2. The van der Waals surface area contributed by atoms with Crippen LogP contribution in [0.4, 0.5) is 0 Å². The van der Waals surface area contributed by atoms with Crippen molar-refractivity contribution in [3.8, 4) is 5.75 Å². The van der Waals surface area contributed by atoms with Gasteiger partial charge >= 0.3 is 23.9 Å². The number of carbonyl (C=O) groups is 5. The molecule has 0 aliphatic heterocycles. The smallest absolute Gasteiger partial charge is 0.311 e. The van der Waals surface area contributed by atoms with E-state index in [2.05, 4.69) is 13.8 Å². The highest BCUT2D eigenvalue weighted by Crippen LogP contribution is 2.37. The second-order valence-corrected chi connectivity index (χ2v) is 19.2. The zero-order chi connectivity index (χ0) is 46.6. The van der Waals surface area contributed by atoms with Crippen LogP contribution in [0.2, 0.25) is 0 Å². The zero-order valence-electron chi connectivity index (χ0n) is 41.4. The minimum Gasteiger partial charge on any atom is -0.462 e. The van der Waals surface area contributed by atoms with Crippen molar-refractivity contribution in [2.24, 2.45) is 5.92 Å². The van der Waals surface area contributed by atoms with Crippen LogP contribution in [0.5, 0.6) is 5.75 Å². The van der Waals surface area contributed by atoms with E-state index >= 15 is 0 Å². The molecule has 1 aromatic carbocycles. The summed E-state index contributed by atoms with van der Waals surface area (Å²) in [6, 6.07) is 3.80. The van der Waals surface area contributed by atoms with Crippen molar-refractivity contribution in [2.75, 3.05) is 13.2 Å². The molecule has 0 heterocycles. The van der Waals surface area contributed by atoms with Gasteiger partial charge in [-0.2, -0.15) is 0 Å². The Labute approximate surface area is 384 Å².